The van der Waals surface area contributed by atoms with E-state index >= 15 is 0 Å². The van der Waals surface area contributed by atoms with Gasteiger partial charge in [-0.2, -0.15) is 9.61 Å². The van der Waals surface area contributed by atoms with Gasteiger partial charge in [0.1, 0.15) is 5.15 Å². The Morgan fingerprint density at radius 3 is 2.91 bits per heavy atom. The van der Waals surface area contributed by atoms with E-state index in [1.165, 1.54) is 17.4 Å². The molecule has 2 aromatic rings. The van der Waals surface area contributed by atoms with Crippen molar-refractivity contribution >= 4 is 23.2 Å². The second kappa shape index (κ2) is 8.08. The summed E-state index contributed by atoms with van der Waals surface area (Å²) in [5, 5.41) is 12.4. The van der Waals surface area contributed by atoms with Gasteiger partial charge in [-0.3, -0.25) is 4.79 Å². The van der Waals surface area contributed by atoms with E-state index in [0.29, 0.717) is 16.6 Å². The lowest BCUT2D eigenvalue weighted by molar-refractivity contribution is -0.149. The molecule has 0 fully saturated rings. The number of carbonyl (C=O) groups excluding carboxylic acids is 1. The average Bonchev–Trinajstić information content (AvgIpc) is 2.91. The highest BCUT2D eigenvalue weighted by Crippen LogP contribution is 2.13. The summed E-state index contributed by atoms with van der Waals surface area (Å²) in [6.07, 6.45) is 5.46. The van der Waals surface area contributed by atoms with Gasteiger partial charge in [0.05, 0.1) is 5.92 Å². The minimum atomic E-state index is -0.213. The molecule has 7 heteroatoms. The Bertz CT molecular complexity index is 629. The topological polar surface area (TPSA) is 69.4 Å². The number of rotatable bonds is 8. The van der Waals surface area contributed by atoms with Gasteiger partial charge in [-0.15, -0.1) is 10.2 Å². The second-order valence-corrected chi connectivity index (χ2v) is 5.79. The highest BCUT2D eigenvalue weighted by molar-refractivity contribution is 6.29. The fourth-order valence-electron chi connectivity index (χ4n) is 2.17. The van der Waals surface area contributed by atoms with Crippen molar-refractivity contribution < 1.29 is 9.53 Å². The lowest BCUT2D eigenvalue weighted by Crippen LogP contribution is -2.16. The molecule has 6 nitrogen and oxygen atoms in total. The van der Waals surface area contributed by atoms with E-state index in [4.69, 9.17) is 16.3 Å². The van der Waals surface area contributed by atoms with Crippen molar-refractivity contribution in [3.63, 3.8) is 0 Å². The van der Waals surface area contributed by atoms with Gasteiger partial charge in [-0.25, -0.2) is 0 Å². The minimum absolute atomic E-state index is 0.0483. The molecule has 1 atom stereocenters. The van der Waals surface area contributed by atoms with Gasteiger partial charge in [0.15, 0.2) is 18.1 Å². The average molecular weight is 325 g/mol. The summed E-state index contributed by atoms with van der Waals surface area (Å²) in [4.78, 5) is 12.0. The van der Waals surface area contributed by atoms with Gasteiger partial charge in [-0.05, 0) is 18.6 Å². The molecule has 0 bridgehead atoms. The lowest BCUT2D eigenvalue weighted by Gasteiger charge is -2.10. The van der Waals surface area contributed by atoms with Crippen LogP contribution in [0.25, 0.3) is 5.65 Å². The number of aromatic nitrogens is 4. The lowest BCUT2D eigenvalue weighted by atomic mass is 10.0. The molecule has 120 valence electrons. The van der Waals surface area contributed by atoms with Crippen molar-refractivity contribution in [3.8, 4) is 0 Å². The van der Waals surface area contributed by atoms with Crippen LogP contribution in [0.5, 0.6) is 0 Å². The van der Waals surface area contributed by atoms with E-state index in [-0.39, 0.29) is 18.5 Å². The SMILES string of the molecule is CCCCCC[C@H](C)C(=O)OCc1nnc2ccc(Cl)nn12. The highest BCUT2D eigenvalue weighted by atomic mass is 35.5. The molecule has 0 aliphatic carbocycles. The third-order valence-corrected chi connectivity index (χ3v) is 3.73. The fraction of sp³-hybridized carbons (Fsp3) is 0.600. The van der Waals surface area contributed by atoms with Crippen LogP contribution < -0.4 is 0 Å². The molecular weight excluding hydrogens is 304 g/mol. The van der Waals surface area contributed by atoms with Crippen LogP contribution in [-0.2, 0) is 16.1 Å². The molecule has 0 saturated carbocycles. The maximum atomic E-state index is 12.0. The molecule has 0 aromatic carbocycles. The van der Waals surface area contributed by atoms with E-state index in [1.54, 1.807) is 12.1 Å². The Morgan fingerprint density at radius 1 is 1.32 bits per heavy atom. The predicted octanol–water partition coefficient (Wildman–Crippen LogP) is 3.43. The maximum absolute atomic E-state index is 12.0. The van der Waals surface area contributed by atoms with Crippen molar-refractivity contribution in [3.05, 3.63) is 23.1 Å². The molecule has 2 aromatic heterocycles. The van der Waals surface area contributed by atoms with Crippen molar-refractivity contribution in [2.75, 3.05) is 0 Å². The number of unbranched alkanes of at least 4 members (excludes halogenated alkanes) is 3. The largest absolute Gasteiger partial charge is 0.457 e. The third-order valence-electron chi connectivity index (χ3n) is 3.53. The zero-order valence-electron chi connectivity index (χ0n) is 13.0. The first-order chi connectivity index (χ1) is 10.6. The van der Waals surface area contributed by atoms with E-state index < -0.39 is 0 Å². The Labute approximate surface area is 134 Å². The van der Waals surface area contributed by atoms with Crippen LogP contribution in [0.4, 0.5) is 0 Å². The maximum Gasteiger partial charge on any atom is 0.309 e. The number of hydrogen-bond donors (Lipinski definition) is 0. The van der Waals surface area contributed by atoms with Crippen LogP contribution in [0.15, 0.2) is 12.1 Å². The fourth-order valence-corrected chi connectivity index (χ4v) is 2.31. The summed E-state index contributed by atoms with van der Waals surface area (Å²) in [5.74, 6) is 0.145. The third kappa shape index (κ3) is 4.40. The Balaban J connectivity index is 1.85. The molecule has 0 amide bonds. The van der Waals surface area contributed by atoms with Crippen molar-refractivity contribution in [1.29, 1.82) is 0 Å². The molecule has 2 heterocycles. The van der Waals surface area contributed by atoms with E-state index in [1.807, 2.05) is 6.92 Å². The monoisotopic (exact) mass is 324 g/mol. The van der Waals surface area contributed by atoms with Gasteiger partial charge in [-0.1, -0.05) is 51.1 Å². The summed E-state index contributed by atoms with van der Waals surface area (Å²) in [6.45, 7) is 4.11. The summed E-state index contributed by atoms with van der Waals surface area (Å²) in [6, 6.07) is 3.35. The minimum Gasteiger partial charge on any atom is -0.457 e. The van der Waals surface area contributed by atoms with Gasteiger partial charge in [0.25, 0.3) is 0 Å². The van der Waals surface area contributed by atoms with E-state index in [0.717, 1.165) is 19.3 Å². The zero-order valence-corrected chi connectivity index (χ0v) is 13.7. The summed E-state index contributed by atoms with van der Waals surface area (Å²) >= 11 is 5.85. The molecule has 0 saturated heterocycles. The number of fused-ring (bicyclic) bond motifs is 1. The summed E-state index contributed by atoms with van der Waals surface area (Å²) < 4.78 is 6.80. The van der Waals surface area contributed by atoms with Gasteiger partial charge in [0.2, 0.25) is 0 Å². The molecule has 0 aliphatic heterocycles. The molecule has 0 unspecified atom stereocenters. The molecule has 0 radical (unpaired) electrons. The predicted molar refractivity (Wildman–Crippen MR) is 83.5 cm³/mol. The van der Waals surface area contributed by atoms with Gasteiger partial charge in [0, 0.05) is 0 Å². The summed E-state index contributed by atoms with van der Waals surface area (Å²) in [7, 11) is 0. The van der Waals surface area contributed by atoms with Gasteiger partial charge >= 0.3 is 5.97 Å². The van der Waals surface area contributed by atoms with Crippen LogP contribution in [-0.4, -0.2) is 25.8 Å². The quantitative estimate of drug-likeness (QED) is 0.549. The normalized spacial score (nSPS) is 12.5. The standard InChI is InChI=1S/C15H21ClN4O2/c1-3-4-5-6-7-11(2)15(21)22-10-14-18-17-13-9-8-12(16)19-20(13)14/h8-9,11H,3-7,10H2,1-2H3/t11-/m0/s1. The summed E-state index contributed by atoms with van der Waals surface area (Å²) in [5.41, 5.74) is 0.572. The number of esters is 1. The first kappa shape index (κ1) is 16.7. The zero-order chi connectivity index (χ0) is 15.9. The Hall–Kier alpha value is -1.69. The number of halogens is 1. The molecule has 2 rings (SSSR count). The van der Waals surface area contributed by atoms with Crippen molar-refractivity contribution in [2.45, 2.75) is 52.6 Å². The molecule has 22 heavy (non-hydrogen) atoms. The van der Waals surface area contributed by atoms with E-state index in [9.17, 15) is 4.79 Å². The number of hydrogen-bond acceptors (Lipinski definition) is 5. The van der Waals surface area contributed by atoms with Crippen molar-refractivity contribution in [1.82, 2.24) is 19.8 Å². The van der Waals surface area contributed by atoms with Crippen LogP contribution in [0, 0.1) is 5.92 Å². The molecule has 0 aliphatic rings. The van der Waals surface area contributed by atoms with Gasteiger partial charge < -0.3 is 4.74 Å². The smallest absolute Gasteiger partial charge is 0.309 e. The molecule has 0 N–H and O–H groups in total. The highest BCUT2D eigenvalue weighted by Gasteiger charge is 2.16. The molecular formula is C15H21ClN4O2. The van der Waals surface area contributed by atoms with Crippen LogP contribution in [0.2, 0.25) is 5.15 Å². The van der Waals surface area contributed by atoms with Crippen molar-refractivity contribution in [2.24, 2.45) is 5.92 Å². The Kier molecular flexibility index (Phi) is 6.12. The first-order valence-corrected chi connectivity index (χ1v) is 8.03. The first-order valence-electron chi connectivity index (χ1n) is 7.65. The van der Waals surface area contributed by atoms with Crippen LogP contribution in [0.3, 0.4) is 0 Å². The van der Waals surface area contributed by atoms with Crippen LogP contribution in [0.1, 0.15) is 51.8 Å². The Morgan fingerprint density at radius 2 is 2.14 bits per heavy atom. The number of carbonyl (C=O) groups is 1. The van der Waals surface area contributed by atoms with Crippen LogP contribution >= 0.6 is 11.6 Å². The second-order valence-electron chi connectivity index (χ2n) is 5.40. The number of ether oxygens (including phenoxy) is 1. The molecule has 0 spiro atoms. The number of nitrogens with zero attached hydrogens (tertiary/aromatic N) is 4. The van der Waals surface area contributed by atoms with E-state index in [2.05, 4.69) is 22.2 Å².